The Labute approximate surface area is 237 Å². The highest BCUT2D eigenvalue weighted by Crippen LogP contribution is 2.10. The van der Waals surface area contributed by atoms with Crippen LogP contribution in [0.3, 0.4) is 0 Å². The second kappa shape index (κ2) is 21.8. The third-order valence-corrected chi connectivity index (χ3v) is 5.16. The summed E-state index contributed by atoms with van der Waals surface area (Å²) in [6.07, 6.45) is 2.03. The average molecular weight is 590 g/mol. The van der Waals surface area contributed by atoms with Gasteiger partial charge in [0.2, 0.25) is 0 Å². The summed E-state index contributed by atoms with van der Waals surface area (Å²) in [7, 11) is 0. The van der Waals surface area contributed by atoms with Crippen molar-refractivity contribution in [2.24, 2.45) is 33.7 Å². The van der Waals surface area contributed by atoms with Gasteiger partial charge in [0.1, 0.15) is 29.9 Å². The topological polar surface area (TPSA) is 344 Å². The van der Waals surface area contributed by atoms with Crippen molar-refractivity contribution in [1.82, 2.24) is 5.32 Å². The number of aliphatic imine (C=N–C) groups is 1. The molecule has 1 aromatic carbocycles. The minimum absolute atomic E-state index is 0.0129. The van der Waals surface area contributed by atoms with Crippen molar-refractivity contribution < 1.29 is 49.8 Å². The van der Waals surface area contributed by atoms with Crippen LogP contribution < -0.4 is 34.0 Å². The smallest absolute Gasteiger partial charge is 0.323 e. The Bertz CT molecular complexity index is 939. The van der Waals surface area contributed by atoms with Crippen molar-refractivity contribution in [3.8, 4) is 5.75 Å². The van der Waals surface area contributed by atoms with Gasteiger partial charge in [-0.3, -0.25) is 24.2 Å². The lowest BCUT2D eigenvalue weighted by Crippen LogP contribution is -2.39. The standard InChI is InChI=1S/C9H11NO3.C6H14N4O2.C5H9NO2.C4H9NO3/c10-8(9(12)13)5-6-1-3-7(11)4-2-6;7-4(5(11)12)2-1-3-10-6(8)9;7-5(8)4-2-1-3-6-4;1-2(6)3(5)4(7)8/h1-4,8,11H,5,10H2,(H,12,13);4H,1-3,7H2,(H,11,12)(H4,8,9,10);4,6H,1-3H2,(H,7,8);2-3,6H,5H2,1H3,(H,7,8)/t;;4-;/m..0./s1. The molecular weight excluding hydrogens is 546 g/mol. The molecule has 0 spiro atoms. The Kier molecular flexibility index (Phi) is 20.8. The number of carbonyl (C=O) groups is 4. The Balaban J connectivity index is 0. The summed E-state index contributed by atoms with van der Waals surface area (Å²) in [4.78, 5) is 44.3. The van der Waals surface area contributed by atoms with Gasteiger partial charge in [-0.2, -0.15) is 0 Å². The van der Waals surface area contributed by atoms with Crippen LogP contribution in [0, 0.1) is 0 Å². The number of nitrogens with one attached hydrogen (secondary N) is 1. The van der Waals surface area contributed by atoms with Gasteiger partial charge in [0.05, 0.1) is 6.10 Å². The van der Waals surface area contributed by atoms with Gasteiger partial charge < -0.3 is 64.6 Å². The maximum atomic E-state index is 10.4. The number of nitrogens with two attached hydrogens (primary N) is 5. The zero-order valence-corrected chi connectivity index (χ0v) is 22.8. The van der Waals surface area contributed by atoms with Gasteiger partial charge in [-0.15, -0.1) is 0 Å². The Morgan fingerprint density at radius 2 is 1.49 bits per heavy atom. The molecule has 1 heterocycles. The molecule has 0 aromatic heterocycles. The van der Waals surface area contributed by atoms with Crippen molar-refractivity contribution >= 4 is 29.8 Å². The minimum Gasteiger partial charge on any atom is -0.508 e. The molecule has 17 nitrogen and oxygen atoms in total. The molecule has 1 fully saturated rings. The fourth-order valence-electron chi connectivity index (χ4n) is 2.72. The van der Waals surface area contributed by atoms with E-state index >= 15 is 0 Å². The molecule has 0 bridgehead atoms. The summed E-state index contributed by atoms with van der Waals surface area (Å²) >= 11 is 0. The first kappa shape index (κ1) is 39.1. The number of hydrogen-bond donors (Lipinski definition) is 12. The van der Waals surface area contributed by atoms with Crippen LogP contribution in [-0.2, 0) is 25.6 Å². The normalized spacial score (nSPS) is 16.4. The molecule has 0 amide bonds. The number of aliphatic carboxylic acids is 4. The highest BCUT2D eigenvalue weighted by Gasteiger charge is 2.20. The summed E-state index contributed by atoms with van der Waals surface area (Å²) < 4.78 is 0. The van der Waals surface area contributed by atoms with E-state index in [-0.39, 0.29) is 24.2 Å². The van der Waals surface area contributed by atoms with Gasteiger partial charge in [0.25, 0.3) is 0 Å². The predicted octanol–water partition coefficient (Wildman–Crippen LogP) is -2.60. The molecule has 5 atom stereocenters. The number of phenolic OH excluding ortho intramolecular Hbond substituents is 1. The molecule has 4 unspecified atom stereocenters. The highest BCUT2D eigenvalue weighted by molar-refractivity contribution is 5.76. The van der Waals surface area contributed by atoms with Gasteiger partial charge >= 0.3 is 23.9 Å². The number of carboxylic acids is 4. The summed E-state index contributed by atoms with van der Waals surface area (Å²) in [5, 5.41) is 53.6. The number of rotatable bonds is 11. The molecule has 1 aliphatic heterocycles. The van der Waals surface area contributed by atoms with Gasteiger partial charge in [-0.1, -0.05) is 12.1 Å². The molecule has 17 N–H and O–H groups in total. The van der Waals surface area contributed by atoms with Crippen molar-refractivity contribution in [3.63, 3.8) is 0 Å². The molecule has 0 saturated carbocycles. The van der Waals surface area contributed by atoms with E-state index in [0.29, 0.717) is 19.4 Å². The maximum Gasteiger partial charge on any atom is 0.323 e. The van der Waals surface area contributed by atoms with Gasteiger partial charge in [0, 0.05) is 6.54 Å². The van der Waals surface area contributed by atoms with Gasteiger partial charge in [-0.05, 0) is 63.3 Å². The monoisotopic (exact) mass is 589 g/mol. The summed E-state index contributed by atoms with van der Waals surface area (Å²) in [6.45, 7) is 2.61. The quantitative estimate of drug-likeness (QED) is 0.0714. The van der Waals surface area contributed by atoms with Crippen LogP contribution in [0.4, 0.5) is 0 Å². The number of nitrogens with zero attached hydrogens (tertiary/aromatic N) is 1. The van der Waals surface area contributed by atoms with E-state index in [1.807, 2.05) is 0 Å². The average Bonchev–Trinajstić information content (AvgIpc) is 3.44. The first-order valence-corrected chi connectivity index (χ1v) is 12.4. The van der Waals surface area contributed by atoms with Crippen LogP contribution in [0.5, 0.6) is 5.75 Å². The third kappa shape index (κ3) is 21.5. The number of guanidine groups is 1. The SMILES string of the molecule is CC(O)C(N)C(=O)O.NC(Cc1ccc(O)cc1)C(=O)O.NC(N)=NCCCC(N)C(=O)O.O=C(O)[C@@H]1CCCN1. The molecule has 0 aliphatic carbocycles. The van der Waals surface area contributed by atoms with Crippen molar-refractivity contribution in [3.05, 3.63) is 29.8 Å². The van der Waals surface area contributed by atoms with E-state index in [4.69, 9.17) is 59.3 Å². The lowest BCUT2D eigenvalue weighted by Gasteiger charge is -2.06. The second-order valence-corrected chi connectivity index (χ2v) is 8.80. The third-order valence-electron chi connectivity index (χ3n) is 5.16. The number of aromatic hydroxyl groups is 1. The molecule has 41 heavy (non-hydrogen) atoms. The predicted molar refractivity (Wildman–Crippen MR) is 149 cm³/mol. The molecule has 17 heteroatoms. The molecule has 2 rings (SSSR count). The van der Waals surface area contributed by atoms with E-state index in [1.54, 1.807) is 12.1 Å². The molecule has 1 aliphatic rings. The van der Waals surface area contributed by atoms with Crippen molar-refractivity contribution in [2.75, 3.05) is 13.1 Å². The molecule has 234 valence electrons. The summed E-state index contributed by atoms with van der Waals surface area (Å²) in [5.74, 6) is -3.75. The van der Waals surface area contributed by atoms with Gasteiger partial charge in [0.15, 0.2) is 5.96 Å². The lowest BCUT2D eigenvalue weighted by molar-refractivity contribution is -0.141. The number of benzene rings is 1. The first-order chi connectivity index (χ1) is 19.0. The fraction of sp³-hybridized carbons (Fsp3) is 0.542. The molecule has 1 aromatic rings. The molecular formula is C24H43N7O10. The number of hydrogen-bond acceptors (Lipinski definition) is 11. The zero-order chi connectivity index (χ0) is 32.1. The Morgan fingerprint density at radius 1 is 0.951 bits per heavy atom. The van der Waals surface area contributed by atoms with E-state index in [1.165, 1.54) is 19.1 Å². The lowest BCUT2D eigenvalue weighted by atomic mass is 10.1. The zero-order valence-electron chi connectivity index (χ0n) is 22.8. The maximum absolute atomic E-state index is 10.4. The Hall–Kier alpha value is -4.03. The minimum atomic E-state index is -1.18. The van der Waals surface area contributed by atoms with Crippen LogP contribution in [0.15, 0.2) is 29.3 Å². The highest BCUT2D eigenvalue weighted by atomic mass is 16.4. The van der Waals surface area contributed by atoms with Crippen LogP contribution in [-0.4, -0.2) is 104 Å². The number of carboxylic acid groups (broad SMARTS) is 4. The first-order valence-electron chi connectivity index (χ1n) is 12.4. The van der Waals surface area contributed by atoms with E-state index in [0.717, 1.165) is 24.9 Å². The van der Waals surface area contributed by atoms with E-state index < -0.39 is 48.1 Å². The molecule has 0 radical (unpaired) electrons. The van der Waals surface area contributed by atoms with Crippen molar-refractivity contribution in [2.45, 2.75) is 69.3 Å². The largest absolute Gasteiger partial charge is 0.508 e. The van der Waals surface area contributed by atoms with Crippen LogP contribution in [0.1, 0.15) is 38.2 Å². The molecule has 1 saturated heterocycles. The van der Waals surface area contributed by atoms with Crippen LogP contribution in [0.2, 0.25) is 0 Å². The van der Waals surface area contributed by atoms with E-state index in [2.05, 4.69) is 10.3 Å². The van der Waals surface area contributed by atoms with Crippen LogP contribution >= 0.6 is 0 Å². The summed E-state index contributed by atoms with van der Waals surface area (Å²) in [5.41, 5.74) is 26.4. The fourth-order valence-corrected chi connectivity index (χ4v) is 2.72. The van der Waals surface area contributed by atoms with Gasteiger partial charge in [-0.25, -0.2) is 0 Å². The summed E-state index contributed by atoms with van der Waals surface area (Å²) in [6, 6.07) is 3.18. The number of aliphatic hydroxyl groups excluding tert-OH is 1. The second-order valence-electron chi connectivity index (χ2n) is 8.80. The number of aliphatic hydroxyl groups is 1. The van der Waals surface area contributed by atoms with E-state index in [9.17, 15) is 19.2 Å². The van der Waals surface area contributed by atoms with Crippen LogP contribution in [0.25, 0.3) is 0 Å². The van der Waals surface area contributed by atoms with Crippen molar-refractivity contribution in [1.29, 1.82) is 0 Å². The number of phenols is 1. The Morgan fingerprint density at radius 3 is 1.80 bits per heavy atom.